The number of nitrogen functional groups attached to an aromatic ring is 1. The number of imidazole rings is 1. The van der Waals surface area contributed by atoms with Crippen molar-refractivity contribution in [3.63, 3.8) is 0 Å². The summed E-state index contributed by atoms with van der Waals surface area (Å²) in [6.07, 6.45) is 7.68. The highest BCUT2D eigenvalue weighted by Crippen LogP contribution is 2.30. The number of anilines is 1. The van der Waals surface area contributed by atoms with Crippen molar-refractivity contribution in [2.24, 2.45) is 0 Å². The molecule has 0 saturated carbocycles. The molecule has 0 amide bonds. The van der Waals surface area contributed by atoms with Crippen LogP contribution in [0.4, 0.5) is 5.82 Å². The van der Waals surface area contributed by atoms with Gasteiger partial charge in [0.25, 0.3) is 0 Å². The topological polar surface area (TPSA) is 93.0 Å². The van der Waals surface area contributed by atoms with E-state index in [1.807, 2.05) is 25.3 Å². The first-order valence-electron chi connectivity index (χ1n) is 9.73. The zero-order valence-corrected chi connectivity index (χ0v) is 18.8. The number of pyridine rings is 2. The van der Waals surface area contributed by atoms with Crippen molar-refractivity contribution in [2.45, 2.75) is 32.3 Å². The summed E-state index contributed by atoms with van der Waals surface area (Å²) in [7, 11) is 2.17. The van der Waals surface area contributed by atoms with Crippen LogP contribution in [0.2, 0.25) is 0 Å². The molecule has 4 rings (SSSR count). The normalized spacial score (nSPS) is 15.6. The highest BCUT2D eigenvalue weighted by Gasteiger charge is 2.21. The summed E-state index contributed by atoms with van der Waals surface area (Å²) >= 11 is 2.23. The molecule has 3 aromatic rings. The van der Waals surface area contributed by atoms with E-state index in [9.17, 15) is 0 Å². The van der Waals surface area contributed by atoms with Gasteiger partial charge >= 0.3 is 0 Å². The Morgan fingerprint density at radius 3 is 2.83 bits per heavy atom. The molecule has 4 heterocycles. The maximum atomic E-state index is 6.05. The Bertz CT molecular complexity index is 997. The number of nitrogens with one attached hydrogen (secondary N) is 1. The molecule has 1 saturated heterocycles. The molecule has 0 aliphatic carbocycles. The lowest BCUT2D eigenvalue weighted by Gasteiger charge is -2.27. The second-order valence-electron chi connectivity index (χ2n) is 7.54. The van der Waals surface area contributed by atoms with Crippen LogP contribution in [0, 0.1) is 10.6 Å². The van der Waals surface area contributed by atoms with Gasteiger partial charge < -0.3 is 20.4 Å². The Labute approximate surface area is 184 Å². The number of H-pyrrole nitrogens is 1. The summed E-state index contributed by atoms with van der Waals surface area (Å²) in [6.45, 7) is 4.68. The summed E-state index contributed by atoms with van der Waals surface area (Å²) in [5, 5.41) is 0. The maximum Gasteiger partial charge on any atom is 0.166 e. The Balaban J connectivity index is 1.50. The van der Waals surface area contributed by atoms with Crippen LogP contribution in [0.5, 0.6) is 5.75 Å². The number of halogens is 1. The largest absolute Gasteiger partial charge is 0.485 e. The molecule has 152 valence electrons. The lowest BCUT2D eigenvalue weighted by atomic mass is 9.96. The first-order valence-corrected chi connectivity index (χ1v) is 10.8. The van der Waals surface area contributed by atoms with Gasteiger partial charge in [0, 0.05) is 23.9 Å². The number of ether oxygens (including phenoxy) is 1. The molecule has 0 radical (unpaired) electrons. The number of aromatic nitrogens is 4. The van der Waals surface area contributed by atoms with Crippen LogP contribution in [-0.4, -0.2) is 45.0 Å². The molecule has 3 aromatic heterocycles. The zero-order chi connectivity index (χ0) is 20.4. The Kier molecular flexibility index (Phi) is 6.00. The maximum absolute atomic E-state index is 6.05. The summed E-state index contributed by atoms with van der Waals surface area (Å²) in [5.74, 6) is 2.48. The predicted octanol–water partition coefficient (Wildman–Crippen LogP) is 3.75. The molecule has 7 nitrogen and oxygen atoms in total. The third-order valence-electron chi connectivity index (χ3n) is 5.53. The van der Waals surface area contributed by atoms with E-state index in [-0.39, 0.29) is 0 Å². The van der Waals surface area contributed by atoms with Gasteiger partial charge in [-0.15, -0.1) is 0 Å². The van der Waals surface area contributed by atoms with Gasteiger partial charge in [-0.05, 0) is 85.8 Å². The Hall–Kier alpha value is -2.20. The molecular weight excluding hydrogens is 479 g/mol. The van der Waals surface area contributed by atoms with E-state index in [2.05, 4.69) is 54.5 Å². The first-order chi connectivity index (χ1) is 14.0. The van der Waals surface area contributed by atoms with Gasteiger partial charge in [0.1, 0.15) is 16.1 Å². The quantitative estimate of drug-likeness (QED) is 0.406. The van der Waals surface area contributed by atoms with Crippen molar-refractivity contribution in [2.75, 3.05) is 25.9 Å². The lowest BCUT2D eigenvalue weighted by Crippen LogP contribution is -2.29. The van der Waals surface area contributed by atoms with Gasteiger partial charge in [0.05, 0.1) is 11.9 Å². The average molecular weight is 504 g/mol. The molecule has 1 aliphatic rings. The minimum absolute atomic E-state index is 0.380. The van der Waals surface area contributed by atoms with Crippen molar-refractivity contribution >= 4 is 28.4 Å². The Morgan fingerprint density at radius 2 is 2.03 bits per heavy atom. The molecule has 3 N–H and O–H groups in total. The van der Waals surface area contributed by atoms with Crippen molar-refractivity contribution in [3.05, 3.63) is 51.4 Å². The summed E-state index contributed by atoms with van der Waals surface area (Å²) in [4.78, 5) is 19.1. The minimum atomic E-state index is 0.380. The van der Waals surface area contributed by atoms with Crippen LogP contribution in [0.3, 0.4) is 0 Å². The van der Waals surface area contributed by atoms with E-state index < -0.39 is 0 Å². The van der Waals surface area contributed by atoms with Crippen molar-refractivity contribution < 1.29 is 4.74 Å². The fraction of sp³-hybridized carbons (Fsp3) is 0.381. The minimum Gasteiger partial charge on any atom is -0.485 e. The first kappa shape index (κ1) is 20.1. The standard InChI is InChI=1S/C21H25IN6O/c1-13-15(3-6-24-19(13)22)12-29-18-9-16(10-25-20(18)23)17-11-26-21(27-17)14-4-7-28(2)8-5-14/h3,6,9-11,14H,4-5,7-8,12H2,1-2H3,(H2,23,25)(H,26,27). The van der Waals surface area contributed by atoms with Crippen LogP contribution < -0.4 is 10.5 Å². The van der Waals surface area contributed by atoms with Gasteiger partial charge in [-0.1, -0.05) is 0 Å². The highest BCUT2D eigenvalue weighted by molar-refractivity contribution is 14.1. The third-order valence-corrected chi connectivity index (χ3v) is 6.62. The number of hydrogen-bond acceptors (Lipinski definition) is 6. The smallest absolute Gasteiger partial charge is 0.166 e. The SMILES string of the molecule is Cc1c(COc2cc(-c3cnc(C4CCN(C)CC4)[nH]3)cnc2N)ccnc1I. The molecule has 0 aromatic carbocycles. The fourth-order valence-corrected chi connectivity index (χ4v) is 4.06. The molecule has 0 bridgehead atoms. The molecule has 8 heteroatoms. The van der Waals surface area contributed by atoms with E-state index in [4.69, 9.17) is 10.5 Å². The number of likely N-dealkylation sites (tertiary alicyclic amines) is 1. The summed E-state index contributed by atoms with van der Waals surface area (Å²) in [6, 6.07) is 3.89. The predicted molar refractivity (Wildman–Crippen MR) is 122 cm³/mol. The highest BCUT2D eigenvalue weighted by atomic mass is 127. The van der Waals surface area contributed by atoms with E-state index in [1.54, 1.807) is 12.4 Å². The lowest BCUT2D eigenvalue weighted by molar-refractivity contribution is 0.251. The van der Waals surface area contributed by atoms with E-state index in [0.29, 0.717) is 24.1 Å². The molecule has 0 atom stereocenters. The van der Waals surface area contributed by atoms with E-state index in [1.165, 1.54) is 0 Å². The van der Waals surface area contributed by atoms with Crippen LogP contribution in [0.1, 0.15) is 35.7 Å². The molecule has 1 aliphatic heterocycles. The van der Waals surface area contributed by atoms with Gasteiger partial charge in [-0.2, -0.15) is 0 Å². The number of nitrogens with zero attached hydrogens (tertiary/aromatic N) is 4. The van der Waals surface area contributed by atoms with E-state index in [0.717, 1.165) is 57.8 Å². The van der Waals surface area contributed by atoms with Crippen LogP contribution in [0.25, 0.3) is 11.3 Å². The van der Waals surface area contributed by atoms with Crippen molar-refractivity contribution in [1.29, 1.82) is 0 Å². The molecule has 29 heavy (non-hydrogen) atoms. The Morgan fingerprint density at radius 1 is 1.24 bits per heavy atom. The fourth-order valence-electron chi connectivity index (χ4n) is 3.55. The van der Waals surface area contributed by atoms with Crippen LogP contribution >= 0.6 is 22.6 Å². The number of nitrogens with two attached hydrogens (primary N) is 1. The number of aromatic amines is 1. The second-order valence-corrected chi connectivity index (χ2v) is 8.56. The number of piperidine rings is 1. The van der Waals surface area contributed by atoms with Crippen LogP contribution in [-0.2, 0) is 6.61 Å². The zero-order valence-electron chi connectivity index (χ0n) is 16.7. The van der Waals surface area contributed by atoms with Gasteiger partial charge in [-0.3, -0.25) is 4.98 Å². The van der Waals surface area contributed by atoms with Crippen LogP contribution in [0.15, 0.2) is 30.7 Å². The average Bonchev–Trinajstić information content (AvgIpc) is 3.21. The molecule has 0 spiro atoms. The molecule has 0 unspecified atom stereocenters. The van der Waals surface area contributed by atoms with E-state index >= 15 is 0 Å². The van der Waals surface area contributed by atoms with Gasteiger partial charge in [0.15, 0.2) is 11.6 Å². The van der Waals surface area contributed by atoms with Crippen molar-refractivity contribution in [3.8, 4) is 17.0 Å². The monoisotopic (exact) mass is 504 g/mol. The van der Waals surface area contributed by atoms with Gasteiger partial charge in [0.2, 0.25) is 0 Å². The van der Waals surface area contributed by atoms with Gasteiger partial charge in [-0.25, -0.2) is 9.97 Å². The summed E-state index contributed by atoms with van der Waals surface area (Å²) in [5.41, 5.74) is 10.1. The summed E-state index contributed by atoms with van der Waals surface area (Å²) < 4.78 is 6.97. The number of hydrogen-bond donors (Lipinski definition) is 2. The van der Waals surface area contributed by atoms with Crippen molar-refractivity contribution in [1.82, 2.24) is 24.8 Å². The molecular formula is C21H25IN6O. The molecule has 1 fully saturated rings. The second kappa shape index (κ2) is 8.66. The number of rotatable bonds is 5. The third kappa shape index (κ3) is 4.53.